The van der Waals surface area contributed by atoms with Gasteiger partial charge < -0.3 is 9.64 Å². The van der Waals surface area contributed by atoms with Crippen molar-refractivity contribution in [2.24, 2.45) is 0 Å². The normalized spacial score (nSPS) is 14.4. The van der Waals surface area contributed by atoms with Gasteiger partial charge >= 0.3 is 5.97 Å². The number of likely N-dealkylation sites (tertiary alicyclic amines) is 1. The van der Waals surface area contributed by atoms with Crippen LogP contribution in [0, 0.1) is 0 Å². The number of esters is 1. The molecule has 106 valence electrons. The fourth-order valence-corrected chi connectivity index (χ4v) is 2.24. The Labute approximate surface area is 123 Å². The van der Waals surface area contributed by atoms with Gasteiger partial charge in [-0.15, -0.1) is 0 Å². The fourth-order valence-electron chi connectivity index (χ4n) is 2.24. The van der Waals surface area contributed by atoms with Gasteiger partial charge in [0.15, 0.2) is 0 Å². The minimum Gasteiger partial charge on any atom is -0.455 e. The standard InChI is InChI=1S/C17H15NO3/c19-16(13-7-3-1-4-8-13)18-11-15(12-18)21-17(20)14-9-5-2-6-10-14/h1-10,15H,11-12H2. The number of ether oxygens (including phenoxy) is 1. The molecule has 0 saturated carbocycles. The molecule has 0 aliphatic carbocycles. The topological polar surface area (TPSA) is 46.6 Å². The smallest absolute Gasteiger partial charge is 0.338 e. The van der Waals surface area contributed by atoms with Crippen LogP contribution < -0.4 is 0 Å². The number of carbonyl (C=O) groups excluding carboxylic acids is 2. The third-order valence-corrected chi connectivity index (χ3v) is 3.44. The first-order chi connectivity index (χ1) is 10.2. The summed E-state index contributed by atoms with van der Waals surface area (Å²) in [6.07, 6.45) is -0.217. The van der Waals surface area contributed by atoms with E-state index in [1.54, 1.807) is 41.3 Å². The lowest BCUT2D eigenvalue weighted by atomic mass is 10.1. The molecule has 1 aliphatic rings. The molecule has 1 saturated heterocycles. The van der Waals surface area contributed by atoms with E-state index in [4.69, 9.17) is 4.74 Å². The molecule has 0 atom stereocenters. The molecule has 21 heavy (non-hydrogen) atoms. The van der Waals surface area contributed by atoms with Crippen LogP contribution in [0.25, 0.3) is 0 Å². The minimum atomic E-state index is -0.340. The maximum Gasteiger partial charge on any atom is 0.338 e. The Morgan fingerprint density at radius 2 is 1.38 bits per heavy atom. The highest BCUT2D eigenvalue weighted by molar-refractivity contribution is 5.95. The molecule has 4 nitrogen and oxygen atoms in total. The van der Waals surface area contributed by atoms with E-state index < -0.39 is 0 Å². The second-order valence-electron chi connectivity index (χ2n) is 4.97. The van der Waals surface area contributed by atoms with Gasteiger partial charge in [-0.1, -0.05) is 36.4 Å². The monoisotopic (exact) mass is 281 g/mol. The summed E-state index contributed by atoms with van der Waals surface area (Å²) >= 11 is 0. The maximum absolute atomic E-state index is 12.1. The molecule has 0 aromatic heterocycles. The summed E-state index contributed by atoms with van der Waals surface area (Å²) in [6.45, 7) is 0.901. The van der Waals surface area contributed by atoms with Crippen LogP contribution in [-0.2, 0) is 4.74 Å². The van der Waals surface area contributed by atoms with E-state index in [1.807, 2.05) is 24.3 Å². The van der Waals surface area contributed by atoms with Crippen molar-refractivity contribution < 1.29 is 14.3 Å². The first-order valence-electron chi connectivity index (χ1n) is 6.84. The molecule has 2 aromatic rings. The Balaban J connectivity index is 1.52. The van der Waals surface area contributed by atoms with Gasteiger partial charge in [-0.3, -0.25) is 4.79 Å². The first kappa shape index (κ1) is 13.4. The van der Waals surface area contributed by atoms with E-state index in [9.17, 15) is 9.59 Å². The highest BCUT2D eigenvalue weighted by Crippen LogP contribution is 2.17. The quantitative estimate of drug-likeness (QED) is 0.811. The molecule has 1 heterocycles. The summed E-state index contributed by atoms with van der Waals surface area (Å²) in [4.78, 5) is 25.7. The number of carbonyl (C=O) groups is 2. The lowest BCUT2D eigenvalue weighted by molar-refractivity contribution is -0.0234. The summed E-state index contributed by atoms with van der Waals surface area (Å²) in [5, 5.41) is 0. The molecular weight excluding hydrogens is 266 g/mol. The Morgan fingerprint density at radius 1 is 0.857 bits per heavy atom. The SMILES string of the molecule is O=C(OC1CN(C(=O)c2ccccc2)C1)c1ccccc1. The third kappa shape index (κ3) is 2.94. The van der Waals surface area contributed by atoms with Crippen LogP contribution in [0.15, 0.2) is 60.7 Å². The third-order valence-electron chi connectivity index (χ3n) is 3.44. The number of hydrogen-bond donors (Lipinski definition) is 0. The molecular formula is C17H15NO3. The number of benzene rings is 2. The molecule has 1 aliphatic heterocycles. The van der Waals surface area contributed by atoms with Gasteiger partial charge in [0.2, 0.25) is 0 Å². The number of hydrogen-bond acceptors (Lipinski definition) is 3. The van der Waals surface area contributed by atoms with Crippen LogP contribution >= 0.6 is 0 Å². The second-order valence-corrected chi connectivity index (χ2v) is 4.97. The number of rotatable bonds is 3. The van der Waals surface area contributed by atoms with Crippen LogP contribution in [-0.4, -0.2) is 36.0 Å². The molecule has 3 rings (SSSR count). The van der Waals surface area contributed by atoms with Gasteiger partial charge in [0.25, 0.3) is 5.91 Å². The molecule has 1 fully saturated rings. The zero-order valence-corrected chi connectivity index (χ0v) is 11.4. The van der Waals surface area contributed by atoms with Crippen LogP contribution in [0.5, 0.6) is 0 Å². The highest BCUT2D eigenvalue weighted by Gasteiger charge is 2.34. The summed E-state index contributed by atoms with van der Waals surface area (Å²) in [7, 11) is 0. The van der Waals surface area contributed by atoms with Crippen molar-refractivity contribution in [2.75, 3.05) is 13.1 Å². The van der Waals surface area contributed by atoms with Gasteiger partial charge in [0, 0.05) is 5.56 Å². The van der Waals surface area contributed by atoms with E-state index in [0.717, 1.165) is 0 Å². The van der Waals surface area contributed by atoms with E-state index in [-0.39, 0.29) is 18.0 Å². The summed E-state index contributed by atoms with van der Waals surface area (Å²) in [5.74, 6) is -0.366. The molecule has 1 amide bonds. The van der Waals surface area contributed by atoms with Gasteiger partial charge in [-0.2, -0.15) is 0 Å². The van der Waals surface area contributed by atoms with E-state index in [0.29, 0.717) is 24.2 Å². The fraction of sp³-hybridized carbons (Fsp3) is 0.176. The maximum atomic E-state index is 12.1. The van der Waals surface area contributed by atoms with Crippen LogP contribution in [0.4, 0.5) is 0 Å². The van der Waals surface area contributed by atoms with Crippen LogP contribution in [0.2, 0.25) is 0 Å². The molecule has 0 bridgehead atoms. The van der Waals surface area contributed by atoms with E-state index in [1.165, 1.54) is 0 Å². The predicted molar refractivity (Wildman–Crippen MR) is 78.0 cm³/mol. The first-order valence-corrected chi connectivity index (χ1v) is 6.84. The Morgan fingerprint density at radius 3 is 1.95 bits per heavy atom. The molecule has 0 unspecified atom stereocenters. The molecule has 4 heteroatoms. The van der Waals surface area contributed by atoms with E-state index >= 15 is 0 Å². The van der Waals surface area contributed by atoms with Crippen molar-refractivity contribution >= 4 is 11.9 Å². The Hall–Kier alpha value is -2.62. The average Bonchev–Trinajstić information content (AvgIpc) is 2.51. The van der Waals surface area contributed by atoms with Crippen LogP contribution in [0.3, 0.4) is 0 Å². The lowest BCUT2D eigenvalue weighted by Crippen LogP contribution is -2.55. The molecule has 2 aromatic carbocycles. The minimum absolute atomic E-state index is 0.0254. The van der Waals surface area contributed by atoms with Crippen molar-refractivity contribution in [1.82, 2.24) is 4.90 Å². The van der Waals surface area contributed by atoms with Crippen LogP contribution in [0.1, 0.15) is 20.7 Å². The molecule has 0 spiro atoms. The Bertz CT molecular complexity index is 634. The van der Waals surface area contributed by atoms with Gasteiger partial charge in [-0.05, 0) is 24.3 Å². The second kappa shape index (κ2) is 5.79. The zero-order chi connectivity index (χ0) is 14.7. The van der Waals surface area contributed by atoms with Crippen molar-refractivity contribution in [3.05, 3.63) is 71.8 Å². The van der Waals surface area contributed by atoms with Gasteiger partial charge in [0.1, 0.15) is 6.10 Å². The van der Waals surface area contributed by atoms with Gasteiger partial charge in [-0.25, -0.2) is 4.79 Å². The predicted octanol–water partition coefficient (Wildman–Crippen LogP) is 2.37. The molecule has 0 N–H and O–H groups in total. The number of nitrogens with zero attached hydrogens (tertiary/aromatic N) is 1. The summed E-state index contributed by atoms with van der Waals surface area (Å²) in [5.41, 5.74) is 1.19. The van der Waals surface area contributed by atoms with E-state index in [2.05, 4.69) is 0 Å². The van der Waals surface area contributed by atoms with Crippen molar-refractivity contribution in [3.63, 3.8) is 0 Å². The average molecular weight is 281 g/mol. The van der Waals surface area contributed by atoms with Crippen molar-refractivity contribution in [2.45, 2.75) is 6.10 Å². The zero-order valence-electron chi connectivity index (χ0n) is 11.4. The largest absolute Gasteiger partial charge is 0.455 e. The Kier molecular flexibility index (Phi) is 3.69. The lowest BCUT2D eigenvalue weighted by Gasteiger charge is -2.38. The van der Waals surface area contributed by atoms with Crippen molar-refractivity contribution in [1.29, 1.82) is 0 Å². The van der Waals surface area contributed by atoms with Crippen molar-refractivity contribution in [3.8, 4) is 0 Å². The highest BCUT2D eigenvalue weighted by atomic mass is 16.5. The number of amides is 1. The van der Waals surface area contributed by atoms with Gasteiger partial charge in [0.05, 0.1) is 18.7 Å². The summed E-state index contributed by atoms with van der Waals surface area (Å²) in [6, 6.07) is 18.0. The molecule has 0 radical (unpaired) electrons. The summed E-state index contributed by atoms with van der Waals surface area (Å²) < 4.78 is 5.36.